The van der Waals surface area contributed by atoms with Crippen LogP contribution < -0.4 is 0 Å². The van der Waals surface area contributed by atoms with Gasteiger partial charge in [0, 0.05) is 21.4 Å². The van der Waals surface area contributed by atoms with E-state index in [1.807, 2.05) is 6.07 Å². The van der Waals surface area contributed by atoms with Crippen molar-refractivity contribution in [2.24, 2.45) is 0 Å². The van der Waals surface area contributed by atoms with Crippen LogP contribution in [0.4, 0.5) is 0 Å². The highest BCUT2D eigenvalue weighted by Gasteiger charge is 2.11. The van der Waals surface area contributed by atoms with Crippen LogP contribution in [0.2, 0.25) is 0 Å². The zero-order valence-electron chi connectivity index (χ0n) is 12.3. The van der Waals surface area contributed by atoms with Crippen molar-refractivity contribution in [1.82, 2.24) is 4.98 Å². The second kappa shape index (κ2) is 5.39. The Morgan fingerprint density at radius 2 is 1.73 bits per heavy atom. The Morgan fingerprint density at radius 1 is 0.864 bits per heavy atom. The molecule has 1 nitrogen and oxygen atoms in total. The number of hydrogen-bond donors (Lipinski definition) is 0. The number of thiophene rings is 1. The summed E-state index contributed by atoms with van der Waals surface area (Å²) >= 11 is 1.77. The van der Waals surface area contributed by atoms with Gasteiger partial charge in [-0.3, -0.25) is 0 Å². The van der Waals surface area contributed by atoms with E-state index in [1.54, 1.807) is 11.3 Å². The van der Waals surface area contributed by atoms with Crippen LogP contribution in [0.5, 0.6) is 0 Å². The first-order valence-corrected chi connectivity index (χ1v) is 8.20. The molecular weight excluding hydrogens is 286 g/mol. The second-order valence-corrected chi connectivity index (χ2v) is 6.32. The van der Waals surface area contributed by atoms with E-state index in [-0.39, 0.29) is 0 Å². The number of pyridine rings is 1. The van der Waals surface area contributed by atoms with Gasteiger partial charge < -0.3 is 0 Å². The summed E-state index contributed by atoms with van der Waals surface area (Å²) in [6.45, 7) is 2.13. The molecular formula is C20H15NS. The molecule has 0 unspecified atom stereocenters. The normalized spacial score (nSPS) is 11.0. The highest BCUT2D eigenvalue weighted by atomic mass is 32.1. The molecule has 0 N–H and O–H groups in total. The Kier molecular flexibility index (Phi) is 3.24. The van der Waals surface area contributed by atoms with E-state index in [0.717, 1.165) is 16.8 Å². The van der Waals surface area contributed by atoms with E-state index >= 15 is 0 Å². The van der Waals surface area contributed by atoms with Crippen LogP contribution in [-0.2, 0) is 0 Å². The van der Waals surface area contributed by atoms with Gasteiger partial charge in [-0.25, -0.2) is 4.98 Å². The number of hydrogen-bond acceptors (Lipinski definition) is 2. The van der Waals surface area contributed by atoms with Gasteiger partial charge in [0.25, 0.3) is 0 Å². The maximum absolute atomic E-state index is 4.92. The minimum absolute atomic E-state index is 1.03. The third-order valence-corrected chi connectivity index (χ3v) is 4.80. The molecule has 4 aromatic rings. The van der Waals surface area contributed by atoms with Gasteiger partial charge in [-0.15, -0.1) is 11.3 Å². The molecule has 22 heavy (non-hydrogen) atoms. The molecule has 0 aliphatic heterocycles. The maximum atomic E-state index is 4.92. The molecule has 0 aliphatic rings. The van der Waals surface area contributed by atoms with Crippen LogP contribution in [-0.4, -0.2) is 4.98 Å². The summed E-state index contributed by atoms with van der Waals surface area (Å²) in [5.41, 5.74) is 5.76. The molecule has 4 rings (SSSR count). The smallest absolute Gasteiger partial charge is 0.0745 e. The number of aromatic nitrogens is 1. The minimum atomic E-state index is 1.03. The summed E-state index contributed by atoms with van der Waals surface area (Å²) in [5.74, 6) is 0. The van der Waals surface area contributed by atoms with E-state index in [9.17, 15) is 0 Å². The van der Waals surface area contributed by atoms with Gasteiger partial charge >= 0.3 is 0 Å². The molecule has 2 heterocycles. The number of rotatable bonds is 2. The highest BCUT2D eigenvalue weighted by Crippen LogP contribution is 2.35. The van der Waals surface area contributed by atoms with Gasteiger partial charge in [0.2, 0.25) is 0 Å². The number of aryl methyl sites for hydroxylation is 1. The molecule has 0 saturated carbocycles. The summed E-state index contributed by atoms with van der Waals surface area (Å²) in [4.78, 5) is 6.21. The van der Waals surface area contributed by atoms with E-state index in [1.165, 1.54) is 21.4 Å². The average molecular weight is 301 g/mol. The lowest BCUT2D eigenvalue weighted by Gasteiger charge is -2.10. The van der Waals surface area contributed by atoms with Crippen molar-refractivity contribution in [2.45, 2.75) is 6.92 Å². The van der Waals surface area contributed by atoms with E-state index in [0.29, 0.717) is 0 Å². The molecule has 0 saturated heterocycles. The predicted molar refractivity (Wildman–Crippen MR) is 95.2 cm³/mol. The van der Waals surface area contributed by atoms with Gasteiger partial charge in [0.15, 0.2) is 0 Å². The fraction of sp³-hybridized carbons (Fsp3) is 0.0500. The van der Waals surface area contributed by atoms with Crippen molar-refractivity contribution in [3.8, 4) is 21.7 Å². The van der Waals surface area contributed by atoms with Crippen molar-refractivity contribution >= 4 is 22.2 Å². The molecule has 2 aromatic carbocycles. The summed E-state index contributed by atoms with van der Waals surface area (Å²) in [6, 6.07) is 23.3. The lowest BCUT2D eigenvalue weighted by atomic mass is 10.0. The monoisotopic (exact) mass is 301 g/mol. The Bertz CT molecular complexity index is 925. The Morgan fingerprint density at radius 3 is 2.50 bits per heavy atom. The molecule has 0 spiro atoms. The van der Waals surface area contributed by atoms with Crippen LogP contribution in [0.1, 0.15) is 5.56 Å². The zero-order valence-corrected chi connectivity index (χ0v) is 13.1. The summed E-state index contributed by atoms with van der Waals surface area (Å²) in [7, 11) is 0. The molecule has 0 atom stereocenters. The maximum Gasteiger partial charge on any atom is 0.0745 e. The first-order valence-electron chi connectivity index (χ1n) is 7.32. The average Bonchev–Trinajstić information content (AvgIpc) is 3.10. The third-order valence-electron chi connectivity index (χ3n) is 3.90. The molecule has 0 amide bonds. The number of para-hydroxylation sites is 1. The topological polar surface area (TPSA) is 12.9 Å². The van der Waals surface area contributed by atoms with Crippen molar-refractivity contribution in [3.63, 3.8) is 0 Å². The molecule has 2 heteroatoms. The lowest BCUT2D eigenvalue weighted by Crippen LogP contribution is -1.90. The molecule has 0 bridgehead atoms. The van der Waals surface area contributed by atoms with E-state index in [2.05, 4.69) is 73.0 Å². The van der Waals surface area contributed by atoms with Crippen molar-refractivity contribution < 1.29 is 0 Å². The third kappa shape index (κ3) is 2.22. The summed E-state index contributed by atoms with van der Waals surface area (Å²) in [6.07, 6.45) is 0. The number of fused-ring (bicyclic) bond motifs is 1. The fourth-order valence-electron chi connectivity index (χ4n) is 2.78. The number of benzene rings is 2. The van der Waals surface area contributed by atoms with Crippen molar-refractivity contribution in [2.75, 3.05) is 0 Å². The molecule has 2 aromatic heterocycles. The van der Waals surface area contributed by atoms with Gasteiger partial charge in [-0.1, -0.05) is 54.6 Å². The second-order valence-electron chi connectivity index (χ2n) is 5.37. The lowest BCUT2D eigenvalue weighted by molar-refractivity contribution is 1.36. The Labute approximate surface area is 133 Å². The van der Waals surface area contributed by atoms with E-state index in [4.69, 9.17) is 4.98 Å². The van der Waals surface area contributed by atoms with Gasteiger partial charge in [-0.2, -0.15) is 0 Å². The first kappa shape index (κ1) is 13.2. The predicted octanol–water partition coefficient (Wildman–Crippen LogP) is 5.94. The van der Waals surface area contributed by atoms with Crippen LogP contribution >= 0.6 is 11.3 Å². The Balaban J connectivity index is 2.07. The van der Waals surface area contributed by atoms with Crippen molar-refractivity contribution in [1.29, 1.82) is 0 Å². The van der Waals surface area contributed by atoms with Gasteiger partial charge in [0.1, 0.15) is 0 Å². The largest absolute Gasteiger partial charge is 0.247 e. The van der Waals surface area contributed by atoms with Crippen molar-refractivity contribution in [3.05, 3.63) is 77.7 Å². The minimum Gasteiger partial charge on any atom is -0.247 e. The summed E-state index contributed by atoms with van der Waals surface area (Å²) < 4.78 is 0. The van der Waals surface area contributed by atoms with Crippen LogP contribution in [0.15, 0.2) is 72.1 Å². The van der Waals surface area contributed by atoms with Gasteiger partial charge in [0.05, 0.1) is 11.2 Å². The van der Waals surface area contributed by atoms with Crippen LogP contribution in [0.25, 0.3) is 32.6 Å². The molecule has 106 valence electrons. The highest BCUT2D eigenvalue weighted by molar-refractivity contribution is 7.13. The standard InChI is InChI=1S/C20H15NS/c1-14-7-5-10-16-17(19-11-6-12-22-19)13-18(21-20(14)16)15-8-3-2-4-9-15/h2-13H,1H3. The fourth-order valence-corrected chi connectivity index (χ4v) is 3.54. The zero-order chi connectivity index (χ0) is 14.9. The summed E-state index contributed by atoms with van der Waals surface area (Å²) in [5, 5.41) is 3.35. The SMILES string of the molecule is Cc1cccc2c(-c3cccs3)cc(-c3ccccc3)nc12. The van der Waals surface area contributed by atoms with E-state index < -0.39 is 0 Å². The molecule has 0 fully saturated rings. The number of nitrogens with zero attached hydrogens (tertiary/aromatic N) is 1. The first-order chi connectivity index (χ1) is 10.8. The van der Waals surface area contributed by atoms with Gasteiger partial charge in [-0.05, 0) is 30.0 Å². The van der Waals surface area contributed by atoms with Crippen LogP contribution in [0.3, 0.4) is 0 Å². The molecule has 0 aliphatic carbocycles. The molecule has 0 radical (unpaired) electrons. The Hall–Kier alpha value is -2.45. The van der Waals surface area contributed by atoms with Crippen LogP contribution in [0, 0.1) is 6.92 Å². The quantitative estimate of drug-likeness (QED) is 0.446.